The van der Waals surface area contributed by atoms with Crippen LogP contribution in [0.2, 0.25) is 0 Å². The highest BCUT2D eigenvalue weighted by Crippen LogP contribution is 2.29. The molecule has 4 rings (SSSR count). The molecule has 9 heteroatoms. The highest BCUT2D eigenvalue weighted by molar-refractivity contribution is 6.08. The molecule has 1 aliphatic carbocycles. The number of nitrogens with one attached hydrogen (secondary N) is 1. The average Bonchev–Trinajstić information content (AvgIpc) is 2.70. The van der Waals surface area contributed by atoms with Gasteiger partial charge in [0.1, 0.15) is 5.69 Å². The molecule has 0 radical (unpaired) electrons. The number of para-hydroxylation sites is 1. The van der Waals surface area contributed by atoms with E-state index in [1.807, 2.05) is 42.5 Å². The molecular weight excluding hydrogens is 362 g/mol. The Balaban J connectivity index is 1.72. The fourth-order valence-electron chi connectivity index (χ4n) is 2.99. The molecule has 0 saturated carbocycles. The number of aromatic nitrogens is 1. The Kier molecular flexibility index (Phi) is 4.24. The highest BCUT2D eigenvalue weighted by Gasteiger charge is 2.20. The van der Waals surface area contributed by atoms with Crippen LogP contribution in [0.4, 0.5) is 17.1 Å². The van der Waals surface area contributed by atoms with Crippen LogP contribution in [0.1, 0.15) is 17.7 Å². The molecule has 1 N–H and O–H groups in total. The van der Waals surface area contributed by atoms with E-state index in [4.69, 9.17) is 0 Å². The van der Waals surface area contributed by atoms with Gasteiger partial charge in [0.15, 0.2) is 0 Å². The summed E-state index contributed by atoms with van der Waals surface area (Å²) in [4.78, 5) is 25.4. The Morgan fingerprint density at radius 2 is 1.86 bits per heavy atom. The summed E-state index contributed by atoms with van der Waals surface area (Å²) in [6, 6.07) is 13.1. The zero-order valence-electron chi connectivity index (χ0n) is 14.4. The smallest absolute Gasteiger partial charge is 0.271 e. The van der Waals surface area contributed by atoms with Gasteiger partial charge in [-0.3, -0.25) is 25.7 Å². The van der Waals surface area contributed by atoms with Gasteiger partial charge in [0.2, 0.25) is 0 Å². The molecule has 1 heterocycles. The van der Waals surface area contributed by atoms with Crippen molar-refractivity contribution in [3.05, 3.63) is 86.1 Å². The molecule has 2 aromatic carbocycles. The van der Waals surface area contributed by atoms with Crippen molar-refractivity contribution in [2.45, 2.75) is 6.42 Å². The lowest BCUT2D eigenvalue weighted by atomic mass is 9.98. The standard InChI is InChI=1S/C19H13N5O4/c25-23(26)13-8-9-18(19(11-13)24(27)28)22-21-17-7-3-6-16-14(17)10-12-4-1-2-5-15(12)20-16/h1-6,8-11,22H,7H2. The number of non-ortho nitro benzene ring substituents is 1. The summed E-state index contributed by atoms with van der Waals surface area (Å²) >= 11 is 0. The van der Waals surface area contributed by atoms with Gasteiger partial charge in [-0.25, -0.2) is 4.98 Å². The number of nitro benzene ring substituents is 2. The van der Waals surface area contributed by atoms with Gasteiger partial charge in [-0.15, -0.1) is 0 Å². The predicted octanol–water partition coefficient (Wildman–Crippen LogP) is 4.28. The van der Waals surface area contributed by atoms with Gasteiger partial charge < -0.3 is 0 Å². The molecule has 138 valence electrons. The summed E-state index contributed by atoms with van der Waals surface area (Å²) in [5.74, 6) is 0. The number of anilines is 1. The van der Waals surface area contributed by atoms with E-state index in [2.05, 4.69) is 15.5 Å². The highest BCUT2D eigenvalue weighted by atomic mass is 16.6. The van der Waals surface area contributed by atoms with Crippen molar-refractivity contribution in [2.75, 3.05) is 5.43 Å². The number of benzene rings is 2. The third-order valence-electron chi connectivity index (χ3n) is 4.35. The Labute approximate surface area is 158 Å². The second-order valence-corrected chi connectivity index (χ2v) is 6.11. The van der Waals surface area contributed by atoms with Crippen LogP contribution in [0, 0.1) is 20.2 Å². The van der Waals surface area contributed by atoms with Crippen LogP contribution in [-0.4, -0.2) is 20.5 Å². The van der Waals surface area contributed by atoms with E-state index < -0.39 is 15.5 Å². The van der Waals surface area contributed by atoms with Crippen LogP contribution in [0.5, 0.6) is 0 Å². The Morgan fingerprint density at radius 1 is 1.04 bits per heavy atom. The lowest BCUT2D eigenvalue weighted by Gasteiger charge is -2.14. The molecule has 0 spiro atoms. The average molecular weight is 375 g/mol. The molecule has 28 heavy (non-hydrogen) atoms. The first-order chi connectivity index (χ1) is 13.5. The molecule has 0 atom stereocenters. The van der Waals surface area contributed by atoms with E-state index in [9.17, 15) is 20.2 Å². The minimum absolute atomic E-state index is 0.0768. The van der Waals surface area contributed by atoms with E-state index in [-0.39, 0.29) is 11.4 Å². The molecule has 0 amide bonds. The van der Waals surface area contributed by atoms with Crippen molar-refractivity contribution in [1.82, 2.24) is 4.98 Å². The minimum Gasteiger partial charge on any atom is -0.271 e. The zero-order chi connectivity index (χ0) is 19.7. The van der Waals surface area contributed by atoms with Crippen LogP contribution in [0.25, 0.3) is 17.0 Å². The fourth-order valence-corrected chi connectivity index (χ4v) is 2.99. The topological polar surface area (TPSA) is 124 Å². The first kappa shape index (κ1) is 17.3. The summed E-state index contributed by atoms with van der Waals surface area (Å²) in [6.07, 6.45) is 4.35. The first-order valence-electron chi connectivity index (χ1n) is 8.35. The number of hydrogen-bond acceptors (Lipinski definition) is 7. The maximum atomic E-state index is 11.3. The van der Waals surface area contributed by atoms with Crippen LogP contribution >= 0.6 is 0 Å². The molecule has 1 aromatic heterocycles. The molecule has 0 fully saturated rings. The van der Waals surface area contributed by atoms with E-state index >= 15 is 0 Å². The number of rotatable bonds is 4. The SMILES string of the molecule is O=[N+]([O-])c1ccc(NN=C2CC=Cc3nc4ccccc4cc32)c([N+](=O)[O-])c1. The summed E-state index contributed by atoms with van der Waals surface area (Å²) in [7, 11) is 0. The molecule has 0 bridgehead atoms. The molecule has 9 nitrogen and oxygen atoms in total. The van der Waals surface area contributed by atoms with Crippen LogP contribution in [0.3, 0.4) is 0 Å². The lowest BCUT2D eigenvalue weighted by molar-refractivity contribution is -0.393. The van der Waals surface area contributed by atoms with Gasteiger partial charge in [-0.05, 0) is 24.3 Å². The van der Waals surface area contributed by atoms with Crippen LogP contribution in [-0.2, 0) is 0 Å². The number of pyridine rings is 1. The van der Waals surface area contributed by atoms with Crippen molar-refractivity contribution >= 4 is 39.8 Å². The van der Waals surface area contributed by atoms with Crippen molar-refractivity contribution in [3.63, 3.8) is 0 Å². The minimum atomic E-state index is -0.681. The number of hydrazone groups is 1. The summed E-state index contributed by atoms with van der Waals surface area (Å²) in [5, 5.41) is 27.4. The number of allylic oxidation sites excluding steroid dienone is 1. The number of fused-ring (bicyclic) bond motifs is 2. The zero-order valence-corrected chi connectivity index (χ0v) is 14.4. The second-order valence-electron chi connectivity index (χ2n) is 6.11. The molecule has 0 aliphatic heterocycles. The van der Waals surface area contributed by atoms with Crippen molar-refractivity contribution in [3.8, 4) is 0 Å². The maximum Gasteiger partial charge on any atom is 0.301 e. The van der Waals surface area contributed by atoms with Crippen molar-refractivity contribution in [2.24, 2.45) is 5.10 Å². The molecule has 0 unspecified atom stereocenters. The summed E-state index contributed by atoms with van der Waals surface area (Å²) < 4.78 is 0. The van der Waals surface area contributed by atoms with Gasteiger partial charge in [-0.2, -0.15) is 5.10 Å². The van der Waals surface area contributed by atoms with Crippen LogP contribution in [0.15, 0.2) is 59.7 Å². The largest absolute Gasteiger partial charge is 0.301 e. The Bertz CT molecular complexity index is 1190. The maximum absolute atomic E-state index is 11.3. The number of hydrogen-bond donors (Lipinski definition) is 1. The quantitative estimate of drug-likeness (QED) is 0.536. The van der Waals surface area contributed by atoms with Gasteiger partial charge in [0, 0.05) is 23.4 Å². The monoisotopic (exact) mass is 375 g/mol. The van der Waals surface area contributed by atoms with Crippen molar-refractivity contribution in [1.29, 1.82) is 0 Å². The first-order valence-corrected chi connectivity index (χ1v) is 8.35. The van der Waals surface area contributed by atoms with E-state index in [0.29, 0.717) is 12.1 Å². The normalized spacial score (nSPS) is 14.1. The van der Waals surface area contributed by atoms with E-state index in [0.717, 1.165) is 28.2 Å². The second kappa shape index (κ2) is 6.88. The summed E-state index contributed by atoms with van der Waals surface area (Å²) in [5.41, 5.74) is 5.12. The van der Waals surface area contributed by atoms with Gasteiger partial charge in [0.25, 0.3) is 5.69 Å². The number of nitrogens with zero attached hydrogens (tertiary/aromatic N) is 4. The lowest BCUT2D eigenvalue weighted by Crippen LogP contribution is -2.10. The van der Waals surface area contributed by atoms with Gasteiger partial charge in [-0.1, -0.05) is 24.3 Å². The summed E-state index contributed by atoms with van der Waals surface area (Å²) in [6.45, 7) is 0. The van der Waals surface area contributed by atoms with Gasteiger partial charge in [0.05, 0.1) is 32.8 Å². The molecule has 1 aliphatic rings. The molecule has 0 saturated heterocycles. The Hall–Kier alpha value is -4.14. The van der Waals surface area contributed by atoms with Crippen molar-refractivity contribution < 1.29 is 9.85 Å². The third kappa shape index (κ3) is 3.16. The molecular formula is C19H13N5O4. The van der Waals surface area contributed by atoms with Gasteiger partial charge >= 0.3 is 5.69 Å². The molecule has 3 aromatic rings. The van der Waals surface area contributed by atoms with Crippen LogP contribution < -0.4 is 5.43 Å². The Morgan fingerprint density at radius 3 is 2.64 bits per heavy atom. The van der Waals surface area contributed by atoms with E-state index in [1.165, 1.54) is 12.1 Å². The van der Waals surface area contributed by atoms with E-state index in [1.54, 1.807) is 0 Å². The number of nitro groups is 2. The fraction of sp³-hybridized carbons (Fsp3) is 0.0526. The predicted molar refractivity (Wildman–Crippen MR) is 105 cm³/mol. The third-order valence-corrected chi connectivity index (χ3v) is 4.35.